The molecular weight excluding hydrogens is 309 g/mol. The Morgan fingerprint density at radius 2 is 1.86 bits per heavy atom. The van der Waals surface area contributed by atoms with Crippen molar-refractivity contribution in [2.75, 3.05) is 12.1 Å². The number of anilines is 1. The van der Waals surface area contributed by atoms with Gasteiger partial charge in [-0.05, 0) is 24.3 Å². The van der Waals surface area contributed by atoms with Crippen LogP contribution >= 0.6 is 11.6 Å². The van der Waals surface area contributed by atoms with Crippen molar-refractivity contribution in [1.29, 1.82) is 0 Å². The van der Waals surface area contributed by atoms with E-state index in [0.29, 0.717) is 0 Å². The van der Waals surface area contributed by atoms with Gasteiger partial charge in [0.05, 0.1) is 23.1 Å². The monoisotopic (exact) mass is 318 g/mol. The number of hydrogen-bond acceptors (Lipinski definition) is 4. The van der Waals surface area contributed by atoms with Crippen molar-refractivity contribution in [2.45, 2.75) is 6.18 Å². The SMILES string of the molecule is CN(N)c1cnn(-c2ccc(C(F)(F)F)cc2)c(=O)c1Cl. The first-order valence-corrected chi connectivity index (χ1v) is 6.03. The van der Waals surface area contributed by atoms with Crippen molar-refractivity contribution < 1.29 is 13.2 Å². The highest BCUT2D eigenvalue weighted by molar-refractivity contribution is 6.33. The van der Waals surface area contributed by atoms with Crippen molar-refractivity contribution in [1.82, 2.24) is 9.78 Å². The maximum atomic E-state index is 12.5. The molecule has 0 aliphatic rings. The van der Waals surface area contributed by atoms with Crippen LogP contribution in [0.4, 0.5) is 18.9 Å². The van der Waals surface area contributed by atoms with E-state index in [1.54, 1.807) is 0 Å². The smallest absolute Gasteiger partial charge is 0.311 e. The lowest BCUT2D eigenvalue weighted by Gasteiger charge is -2.14. The molecular formula is C12H10ClF3N4O. The summed E-state index contributed by atoms with van der Waals surface area (Å²) in [5.41, 5.74) is -1.11. The molecule has 0 aliphatic heterocycles. The molecule has 0 spiro atoms. The van der Waals surface area contributed by atoms with E-state index < -0.39 is 17.3 Å². The van der Waals surface area contributed by atoms with Crippen molar-refractivity contribution in [3.05, 3.63) is 51.4 Å². The number of benzene rings is 1. The third-order valence-corrected chi connectivity index (χ3v) is 3.07. The minimum Gasteiger partial charge on any atom is -0.311 e. The van der Waals surface area contributed by atoms with E-state index in [9.17, 15) is 18.0 Å². The van der Waals surface area contributed by atoms with Crippen LogP contribution in [0.25, 0.3) is 5.69 Å². The zero-order valence-corrected chi connectivity index (χ0v) is 11.5. The van der Waals surface area contributed by atoms with Crippen LogP contribution in [-0.2, 0) is 6.18 Å². The van der Waals surface area contributed by atoms with E-state index in [4.69, 9.17) is 17.4 Å². The van der Waals surface area contributed by atoms with Crippen LogP contribution in [0.3, 0.4) is 0 Å². The molecule has 2 N–H and O–H groups in total. The minimum atomic E-state index is -4.44. The predicted octanol–water partition coefficient (Wildman–Crippen LogP) is 2.21. The zero-order chi connectivity index (χ0) is 15.8. The highest BCUT2D eigenvalue weighted by Crippen LogP contribution is 2.29. The maximum Gasteiger partial charge on any atom is 0.416 e. The number of halogens is 4. The molecule has 21 heavy (non-hydrogen) atoms. The number of aromatic nitrogens is 2. The molecule has 0 aliphatic carbocycles. The topological polar surface area (TPSA) is 64.2 Å². The Morgan fingerprint density at radius 3 is 2.33 bits per heavy atom. The summed E-state index contributed by atoms with van der Waals surface area (Å²) in [6.07, 6.45) is -3.19. The third-order valence-electron chi connectivity index (χ3n) is 2.72. The first-order valence-electron chi connectivity index (χ1n) is 5.65. The first kappa shape index (κ1) is 15.3. The van der Waals surface area contributed by atoms with Gasteiger partial charge in [0, 0.05) is 7.05 Å². The van der Waals surface area contributed by atoms with E-state index in [1.165, 1.54) is 13.2 Å². The molecule has 5 nitrogen and oxygen atoms in total. The Hall–Kier alpha value is -2.06. The second-order valence-corrected chi connectivity index (χ2v) is 4.59. The summed E-state index contributed by atoms with van der Waals surface area (Å²) in [6, 6.07) is 4.00. The van der Waals surface area contributed by atoms with Gasteiger partial charge >= 0.3 is 6.18 Å². The zero-order valence-electron chi connectivity index (χ0n) is 10.7. The third kappa shape index (κ3) is 3.01. The summed E-state index contributed by atoms with van der Waals surface area (Å²) >= 11 is 5.87. The molecule has 0 saturated heterocycles. The maximum absolute atomic E-state index is 12.5. The van der Waals surface area contributed by atoms with Gasteiger partial charge < -0.3 is 5.01 Å². The van der Waals surface area contributed by atoms with Gasteiger partial charge in [0.2, 0.25) is 0 Å². The Bertz CT molecular complexity index is 710. The van der Waals surface area contributed by atoms with Crippen LogP contribution in [-0.4, -0.2) is 16.8 Å². The van der Waals surface area contributed by atoms with E-state index in [0.717, 1.165) is 34.0 Å². The van der Waals surface area contributed by atoms with Gasteiger partial charge in [-0.3, -0.25) is 4.79 Å². The van der Waals surface area contributed by atoms with Crippen LogP contribution in [0, 0.1) is 0 Å². The fourth-order valence-corrected chi connectivity index (χ4v) is 1.91. The van der Waals surface area contributed by atoms with Gasteiger partial charge in [-0.2, -0.15) is 23.0 Å². The van der Waals surface area contributed by atoms with Crippen molar-refractivity contribution >= 4 is 17.3 Å². The molecule has 0 amide bonds. The quantitative estimate of drug-likeness (QED) is 0.681. The fourth-order valence-electron chi connectivity index (χ4n) is 1.65. The fraction of sp³-hybridized carbons (Fsp3) is 0.167. The van der Waals surface area contributed by atoms with Gasteiger partial charge in [0.15, 0.2) is 0 Å². The van der Waals surface area contributed by atoms with E-state index in [1.807, 2.05) is 0 Å². The van der Waals surface area contributed by atoms with Gasteiger partial charge in [-0.25, -0.2) is 5.84 Å². The Labute approximate surface area is 122 Å². The number of nitrogens with zero attached hydrogens (tertiary/aromatic N) is 3. The second-order valence-electron chi connectivity index (χ2n) is 4.22. The van der Waals surface area contributed by atoms with Crippen LogP contribution < -0.4 is 16.4 Å². The standard InChI is InChI=1S/C12H10ClF3N4O/c1-19(17)9-6-18-20(11(21)10(9)13)8-4-2-7(3-5-8)12(14,15)16/h2-6H,17H2,1H3. The number of rotatable bonds is 2. The van der Waals surface area contributed by atoms with Gasteiger partial charge in [0.1, 0.15) is 5.02 Å². The highest BCUT2D eigenvalue weighted by Gasteiger charge is 2.30. The summed E-state index contributed by atoms with van der Waals surface area (Å²) < 4.78 is 38.3. The molecule has 0 saturated carbocycles. The largest absolute Gasteiger partial charge is 0.416 e. The summed E-state index contributed by atoms with van der Waals surface area (Å²) in [6.45, 7) is 0. The lowest BCUT2D eigenvalue weighted by atomic mass is 10.2. The molecule has 112 valence electrons. The lowest BCUT2D eigenvalue weighted by Crippen LogP contribution is -2.30. The molecule has 0 radical (unpaired) electrons. The van der Waals surface area contributed by atoms with Crippen LogP contribution in [0.2, 0.25) is 5.02 Å². The first-order chi connectivity index (χ1) is 9.71. The summed E-state index contributed by atoms with van der Waals surface area (Å²) in [7, 11) is 1.48. The predicted molar refractivity (Wildman–Crippen MR) is 72.4 cm³/mol. The molecule has 2 rings (SSSR count). The van der Waals surface area contributed by atoms with Gasteiger partial charge in [-0.15, -0.1) is 0 Å². The average molecular weight is 319 g/mol. The Morgan fingerprint density at radius 1 is 1.29 bits per heavy atom. The minimum absolute atomic E-state index is 0.168. The van der Waals surface area contributed by atoms with E-state index >= 15 is 0 Å². The molecule has 1 aromatic carbocycles. The highest BCUT2D eigenvalue weighted by atomic mass is 35.5. The summed E-state index contributed by atoms with van der Waals surface area (Å²) in [5.74, 6) is 5.48. The number of hydrogen-bond donors (Lipinski definition) is 1. The van der Waals surface area contributed by atoms with Crippen LogP contribution in [0.5, 0.6) is 0 Å². The second kappa shape index (κ2) is 5.38. The normalized spacial score (nSPS) is 11.5. The molecule has 9 heteroatoms. The lowest BCUT2D eigenvalue weighted by molar-refractivity contribution is -0.137. The van der Waals surface area contributed by atoms with E-state index in [-0.39, 0.29) is 16.4 Å². The molecule has 1 heterocycles. The Kier molecular flexibility index (Phi) is 3.93. The van der Waals surface area contributed by atoms with Gasteiger partial charge in [0.25, 0.3) is 5.56 Å². The molecule has 0 fully saturated rings. The number of hydrazine groups is 1. The molecule has 1 aromatic heterocycles. The van der Waals surface area contributed by atoms with Crippen LogP contribution in [0.1, 0.15) is 5.56 Å². The van der Waals surface area contributed by atoms with Crippen molar-refractivity contribution in [3.8, 4) is 5.69 Å². The number of nitrogens with two attached hydrogens (primary N) is 1. The molecule has 2 aromatic rings. The van der Waals surface area contributed by atoms with Gasteiger partial charge in [-0.1, -0.05) is 11.6 Å². The Balaban J connectivity index is 2.49. The summed E-state index contributed by atoms with van der Waals surface area (Å²) in [4.78, 5) is 12.0. The average Bonchev–Trinajstić information content (AvgIpc) is 2.40. The van der Waals surface area contributed by atoms with Crippen molar-refractivity contribution in [2.24, 2.45) is 5.84 Å². The molecule has 0 atom stereocenters. The number of alkyl halides is 3. The molecule has 0 unspecified atom stereocenters. The molecule has 0 bridgehead atoms. The summed E-state index contributed by atoms with van der Waals surface area (Å²) in [5, 5.41) is 4.79. The van der Waals surface area contributed by atoms with E-state index in [2.05, 4.69) is 5.10 Å². The van der Waals surface area contributed by atoms with Crippen LogP contribution in [0.15, 0.2) is 35.3 Å². The van der Waals surface area contributed by atoms with Crippen molar-refractivity contribution in [3.63, 3.8) is 0 Å².